The lowest BCUT2D eigenvalue weighted by Gasteiger charge is -2.25. The van der Waals surface area contributed by atoms with E-state index in [4.69, 9.17) is 9.47 Å². The number of ether oxygens (including phenoxy) is 2. The summed E-state index contributed by atoms with van der Waals surface area (Å²) in [5, 5.41) is 10.1. The maximum atomic E-state index is 12.6. The molecule has 0 bridgehead atoms. The molecule has 1 fully saturated rings. The topological polar surface area (TPSA) is 59.0 Å². The minimum atomic E-state index is -0.529. The summed E-state index contributed by atoms with van der Waals surface area (Å²) in [6.07, 6.45) is -0.0114. The average molecular weight is 341 g/mol. The smallest absolute Gasteiger partial charge is 0.261 e. The molecule has 2 aromatic carbocycles. The number of aliphatic hydroxyl groups excluding tert-OH is 1. The first-order chi connectivity index (χ1) is 12.1. The third-order valence-corrected chi connectivity index (χ3v) is 4.43. The van der Waals surface area contributed by atoms with Gasteiger partial charge < -0.3 is 19.5 Å². The van der Waals surface area contributed by atoms with Crippen LogP contribution in [-0.2, 0) is 4.79 Å². The van der Waals surface area contributed by atoms with Crippen molar-refractivity contribution in [1.82, 2.24) is 4.90 Å². The summed E-state index contributed by atoms with van der Waals surface area (Å²) in [4.78, 5) is 14.3. The van der Waals surface area contributed by atoms with Gasteiger partial charge in [-0.15, -0.1) is 0 Å². The quantitative estimate of drug-likeness (QED) is 0.908. The predicted octanol–water partition coefficient (Wildman–Crippen LogP) is 2.72. The lowest BCUT2D eigenvalue weighted by molar-refractivity contribution is -0.134. The number of rotatable bonds is 5. The molecule has 3 rings (SSSR count). The molecule has 1 aliphatic rings. The molecule has 5 heteroatoms. The Labute approximate surface area is 147 Å². The van der Waals surface area contributed by atoms with Crippen LogP contribution in [0.4, 0.5) is 0 Å². The zero-order chi connectivity index (χ0) is 17.8. The van der Waals surface area contributed by atoms with E-state index in [1.54, 1.807) is 12.0 Å². The van der Waals surface area contributed by atoms with Crippen LogP contribution in [0, 0.1) is 6.92 Å². The van der Waals surface area contributed by atoms with Gasteiger partial charge in [-0.05, 0) is 48.7 Å². The van der Waals surface area contributed by atoms with Gasteiger partial charge in [-0.3, -0.25) is 4.79 Å². The maximum absolute atomic E-state index is 12.6. The van der Waals surface area contributed by atoms with Crippen LogP contribution in [0.2, 0.25) is 0 Å². The van der Waals surface area contributed by atoms with Crippen molar-refractivity contribution >= 4 is 5.91 Å². The molecule has 2 aromatic rings. The van der Waals surface area contributed by atoms with E-state index in [2.05, 4.69) is 0 Å². The first-order valence-electron chi connectivity index (χ1n) is 8.38. The van der Waals surface area contributed by atoms with Crippen molar-refractivity contribution in [2.75, 3.05) is 20.3 Å². The molecular weight excluding hydrogens is 318 g/mol. The summed E-state index contributed by atoms with van der Waals surface area (Å²) < 4.78 is 10.9. The molecule has 25 heavy (non-hydrogen) atoms. The van der Waals surface area contributed by atoms with E-state index < -0.39 is 6.10 Å². The minimum absolute atomic E-state index is 0.0450. The Bertz CT molecular complexity index is 746. The Morgan fingerprint density at radius 3 is 2.72 bits per heavy atom. The van der Waals surface area contributed by atoms with Crippen molar-refractivity contribution in [3.8, 4) is 11.5 Å². The van der Waals surface area contributed by atoms with Crippen molar-refractivity contribution < 1.29 is 19.4 Å². The number of hydrogen-bond donors (Lipinski definition) is 1. The first kappa shape index (κ1) is 17.3. The summed E-state index contributed by atoms with van der Waals surface area (Å²) in [5.41, 5.74) is 2.04. The van der Waals surface area contributed by atoms with Crippen molar-refractivity contribution in [1.29, 1.82) is 0 Å². The standard InChI is InChI=1S/C20H23NO4/c1-14-5-3-8-18(9-14)25-13-20(23)21-12-16(22)11-19(21)15-6-4-7-17(10-15)24-2/h3-10,16,19,22H,11-13H2,1-2H3/t16-,19-/m0/s1. The van der Waals surface area contributed by atoms with Crippen LogP contribution in [0.1, 0.15) is 23.6 Å². The second-order valence-electron chi connectivity index (χ2n) is 6.33. The Morgan fingerprint density at radius 1 is 1.20 bits per heavy atom. The van der Waals surface area contributed by atoms with Crippen LogP contribution in [0.15, 0.2) is 48.5 Å². The van der Waals surface area contributed by atoms with Gasteiger partial charge in [0, 0.05) is 6.54 Å². The Balaban J connectivity index is 1.71. The van der Waals surface area contributed by atoms with Gasteiger partial charge in [0.25, 0.3) is 5.91 Å². The highest BCUT2D eigenvalue weighted by Gasteiger charge is 2.35. The number of β-amino-alcohol motifs (C(OH)–C–C–N with tert-alkyl or cyclic N) is 1. The summed E-state index contributed by atoms with van der Waals surface area (Å²) in [5.74, 6) is 1.28. The number of nitrogens with zero attached hydrogens (tertiary/aromatic N) is 1. The van der Waals surface area contributed by atoms with Crippen molar-refractivity contribution in [3.63, 3.8) is 0 Å². The second kappa shape index (κ2) is 7.57. The fraction of sp³-hybridized carbons (Fsp3) is 0.350. The number of amides is 1. The van der Waals surface area contributed by atoms with Crippen molar-refractivity contribution in [2.24, 2.45) is 0 Å². The molecule has 0 aliphatic carbocycles. The summed E-state index contributed by atoms with van der Waals surface area (Å²) in [6, 6.07) is 15.0. The number of aryl methyl sites for hydroxylation is 1. The fourth-order valence-corrected chi connectivity index (χ4v) is 3.19. The van der Waals surface area contributed by atoms with Gasteiger partial charge in [0.2, 0.25) is 0 Å². The molecule has 0 aromatic heterocycles. The van der Waals surface area contributed by atoms with Crippen LogP contribution in [0.3, 0.4) is 0 Å². The Morgan fingerprint density at radius 2 is 1.96 bits per heavy atom. The molecular formula is C20H23NO4. The fourth-order valence-electron chi connectivity index (χ4n) is 3.19. The van der Waals surface area contributed by atoms with E-state index in [-0.39, 0.29) is 18.6 Å². The molecule has 132 valence electrons. The van der Waals surface area contributed by atoms with Crippen LogP contribution in [-0.4, -0.2) is 42.3 Å². The lowest BCUT2D eigenvalue weighted by Crippen LogP contribution is -2.35. The highest BCUT2D eigenvalue weighted by molar-refractivity contribution is 5.78. The van der Waals surface area contributed by atoms with Gasteiger partial charge in [0.15, 0.2) is 6.61 Å². The highest BCUT2D eigenvalue weighted by atomic mass is 16.5. The SMILES string of the molecule is COc1cccc([C@@H]2C[C@H](O)CN2C(=O)COc2cccc(C)c2)c1. The van der Waals surface area contributed by atoms with Gasteiger partial charge in [-0.25, -0.2) is 0 Å². The van der Waals surface area contributed by atoms with Crippen LogP contribution in [0.5, 0.6) is 11.5 Å². The predicted molar refractivity (Wildman–Crippen MR) is 94.7 cm³/mol. The maximum Gasteiger partial charge on any atom is 0.261 e. The van der Waals surface area contributed by atoms with E-state index in [1.807, 2.05) is 55.5 Å². The molecule has 1 amide bonds. The molecule has 0 saturated carbocycles. The zero-order valence-electron chi connectivity index (χ0n) is 14.5. The molecule has 5 nitrogen and oxygen atoms in total. The average Bonchev–Trinajstić information content (AvgIpc) is 3.02. The molecule has 1 N–H and O–H groups in total. The third-order valence-electron chi connectivity index (χ3n) is 4.43. The zero-order valence-corrected chi connectivity index (χ0v) is 14.5. The summed E-state index contributed by atoms with van der Waals surface area (Å²) >= 11 is 0. The first-order valence-corrected chi connectivity index (χ1v) is 8.38. The largest absolute Gasteiger partial charge is 0.497 e. The molecule has 1 aliphatic heterocycles. The van der Waals surface area contributed by atoms with Crippen LogP contribution in [0.25, 0.3) is 0 Å². The monoisotopic (exact) mass is 341 g/mol. The van der Waals surface area contributed by atoms with Crippen LogP contribution < -0.4 is 9.47 Å². The second-order valence-corrected chi connectivity index (χ2v) is 6.33. The number of aliphatic hydroxyl groups is 1. The lowest BCUT2D eigenvalue weighted by atomic mass is 10.0. The molecule has 1 saturated heterocycles. The van der Waals surface area contributed by atoms with E-state index in [9.17, 15) is 9.90 Å². The molecule has 0 unspecified atom stereocenters. The van der Waals surface area contributed by atoms with E-state index in [1.165, 1.54) is 0 Å². The number of methoxy groups -OCH3 is 1. The van der Waals surface area contributed by atoms with Gasteiger partial charge >= 0.3 is 0 Å². The van der Waals surface area contributed by atoms with Gasteiger partial charge in [0.1, 0.15) is 11.5 Å². The van der Waals surface area contributed by atoms with Crippen molar-refractivity contribution in [2.45, 2.75) is 25.5 Å². The Hall–Kier alpha value is -2.53. The number of hydrogen-bond acceptors (Lipinski definition) is 4. The molecule has 0 radical (unpaired) electrons. The number of benzene rings is 2. The van der Waals surface area contributed by atoms with E-state index in [0.717, 1.165) is 16.9 Å². The van der Waals surface area contributed by atoms with Crippen molar-refractivity contribution in [3.05, 3.63) is 59.7 Å². The number of carbonyl (C=O) groups is 1. The molecule has 2 atom stereocenters. The van der Waals surface area contributed by atoms with Gasteiger partial charge in [0.05, 0.1) is 19.3 Å². The number of likely N-dealkylation sites (tertiary alicyclic amines) is 1. The minimum Gasteiger partial charge on any atom is -0.497 e. The number of carbonyl (C=O) groups excluding carboxylic acids is 1. The Kier molecular flexibility index (Phi) is 5.24. The summed E-state index contributed by atoms with van der Waals surface area (Å²) in [6.45, 7) is 2.25. The summed E-state index contributed by atoms with van der Waals surface area (Å²) in [7, 11) is 1.61. The van der Waals surface area contributed by atoms with Crippen LogP contribution >= 0.6 is 0 Å². The van der Waals surface area contributed by atoms with E-state index >= 15 is 0 Å². The molecule has 0 spiro atoms. The van der Waals surface area contributed by atoms with Gasteiger partial charge in [-0.1, -0.05) is 24.3 Å². The highest BCUT2D eigenvalue weighted by Crippen LogP contribution is 2.33. The normalized spacial score (nSPS) is 19.7. The van der Waals surface area contributed by atoms with E-state index in [0.29, 0.717) is 18.7 Å². The molecule has 1 heterocycles. The van der Waals surface area contributed by atoms with Gasteiger partial charge in [-0.2, -0.15) is 0 Å². The third kappa shape index (κ3) is 4.12.